The van der Waals surface area contributed by atoms with E-state index < -0.39 is 47.0 Å². The van der Waals surface area contributed by atoms with Crippen LogP contribution in [0, 0.1) is 23.2 Å². The summed E-state index contributed by atoms with van der Waals surface area (Å²) in [6.07, 6.45) is 10.7. The van der Waals surface area contributed by atoms with Crippen molar-refractivity contribution in [3.8, 4) is 0 Å². The largest absolute Gasteiger partial charge is 0.354 e. The molecule has 13 nitrogen and oxygen atoms in total. The lowest BCUT2D eigenvalue weighted by Gasteiger charge is -2.33. The molecule has 13 heteroatoms. The highest BCUT2D eigenvalue weighted by atomic mass is 16.2. The van der Waals surface area contributed by atoms with Crippen LogP contribution < -0.4 is 26.6 Å². The predicted molar refractivity (Wildman–Crippen MR) is 176 cm³/mol. The minimum atomic E-state index is -0.910. The highest BCUT2D eigenvalue weighted by Crippen LogP contribution is 2.34. The molecule has 0 aliphatic heterocycles. The van der Waals surface area contributed by atoms with Gasteiger partial charge in [-0.2, -0.15) is 0 Å². The Morgan fingerprint density at radius 2 is 1.57 bits per heavy atom. The van der Waals surface area contributed by atoms with Crippen molar-refractivity contribution in [1.29, 1.82) is 0 Å². The van der Waals surface area contributed by atoms with E-state index in [-0.39, 0.29) is 47.7 Å². The molecule has 260 valence electrons. The first kappa shape index (κ1) is 37.6. The van der Waals surface area contributed by atoms with Gasteiger partial charge in [0, 0.05) is 31.4 Å². The van der Waals surface area contributed by atoms with Crippen LogP contribution in [0.15, 0.2) is 18.6 Å². The molecule has 5 atom stereocenters. The molecule has 47 heavy (non-hydrogen) atoms. The van der Waals surface area contributed by atoms with Gasteiger partial charge in [-0.25, -0.2) is 4.98 Å². The van der Waals surface area contributed by atoms with Crippen LogP contribution >= 0.6 is 0 Å². The maximum Gasteiger partial charge on any atom is 0.289 e. The van der Waals surface area contributed by atoms with E-state index in [2.05, 4.69) is 36.6 Å². The molecule has 5 amide bonds. The molecule has 1 aromatic heterocycles. The summed E-state index contributed by atoms with van der Waals surface area (Å²) in [6, 6.07) is -2.62. The van der Waals surface area contributed by atoms with E-state index in [1.165, 1.54) is 18.6 Å². The van der Waals surface area contributed by atoms with Crippen molar-refractivity contribution in [2.24, 2.45) is 23.2 Å². The fraction of sp³-hybridized carbons (Fsp3) is 0.706. The molecule has 1 heterocycles. The second-order valence-electron chi connectivity index (χ2n) is 14.4. The third kappa shape index (κ3) is 11.1. The molecule has 0 bridgehead atoms. The topological polar surface area (TPSA) is 188 Å². The van der Waals surface area contributed by atoms with Gasteiger partial charge in [-0.05, 0) is 61.7 Å². The van der Waals surface area contributed by atoms with Gasteiger partial charge in [-0.3, -0.25) is 33.8 Å². The number of nitrogens with zero attached hydrogens (tertiary/aromatic N) is 2. The third-order valence-corrected chi connectivity index (χ3v) is 9.14. The van der Waals surface area contributed by atoms with Crippen LogP contribution in [0.1, 0.15) is 110 Å². The third-order valence-electron chi connectivity index (χ3n) is 9.14. The van der Waals surface area contributed by atoms with Crippen LogP contribution in [-0.2, 0) is 24.0 Å². The van der Waals surface area contributed by atoms with E-state index in [1.54, 1.807) is 13.8 Å². The van der Waals surface area contributed by atoms with Gasteiger partial charge in [-0.15, -0.1) is 0 Å². The average molecular weight is 656 g/mol. The summed E-state index contributed by atoms with van der Waals surface area (Å²) >= 11 is 0. The fourth-order valence-corrected chi connectivity index (χ4v) is 6.07. The van der Waals surface area contributed by atoms with Crippen molar-refractivity contribution in [2.75, 3.05) is 6.54 Å². The highest BCUT2D eigenvalue weighted by molar-refractivity contribution is 6.38. The van der Waals surface area contributed by atoms with Crippen LogP contribution in [0.5, 0.6) is 0 Å². The van der Waals surface area contributed by atoms with Crippen LogP contribution in [0.4, 0.5) is 0 Å². The normalized spacial score (nSPS) is 19.9. The molecule has 0 aromatic carbocycles. The zero-order chi connectivity index (χ0) is 34.7. The number of carbonyl (C=O) groups is 6. The molecule has 2 saturated carbocycles. The molecule has 0 radical (unpaired) electrons. The van der Waals surface area contributed by atoms with Crippen molar-refractivity contribution in [3.63, 3.8) is 0 Å². The molecule has 1 unspecified atom stereocenters. The number of amides is 5. The average Bonchev–Trinajstić information content (AvgIpc) is 3.44. The molecule has 0 spiro atoms. The Morgan fingerprint density at radius 1 is 0.894 bits per heavy atom. The Bertz CT molecular complexity index is 1260. The van der Waals surface area contributed by atoms with Crippen LogP contribution in [0.25, 0.3) is 0 Å². The summed E-state index contributed by atoms with van der Waals surface area (Å²) in [5.74, 6) is -3.13. The number of rotatable bonds is 16. The van der Waals surface area contributed by atoms with Gasteiger partial charge >= 0.3 is 0 Å². The number of aromatic nitrogens is 2. The first-order chi connectivity index (χ1) is 22.2. The number of hydrogen-bond acceptors (Lipinski definition) is 8. The van der Waals surface area contributed by atoms with Gasteiger partial charge < -0.3 is 26.6 Å². The van der Waals surface area contributed by atoms with Gasteiger partial charge in [0.25, 0.3) is 11.8 Å². The first-order valence-electron chi connectivity index (χ1n) is 17.0. The summed E-state index contributed by atoms with van der Waals surface area (Å²) < 4.78 is 0. The standard InChI is InChI=1S/C34H53N7O6/c1-7-10-24(28(43)32(46)38-23-13-9-14-23)39-26(42)17-21-11-8-12-22(21)18-37-33(47)29(34(4,5)6)41-31(45)27(20(2)3)40-30(44)25-19-35-15-16-36-25/h15-16,19-24,27,29H,7-14,17-18H2,1-6H3,(H,37,47)(H,38,46)(H,39,42)(H,40,44)(H,41,45)/t21-,22+,24?,27-,29-/m1/s1. The molecule has 1 aromatic rings. The van der Waals surface area contributed by atoms with Gasteiger partial charge in [0.2, 0.25) is 23.5 Å². The number of hydrogen-bond donors (Lipinski definition) is 5. The Hall–Kier alpha value is -3.90. The predicted octanol–water partition coefficient (Wildman–Crippen LogP) is 2.21. The molecule has 3 rings (SSSR count). The minimum absolute atomic E-state index is 0.000721. The quantitative estimate of drug-likeness (QED) is 0.168. The number of Topliss-reactive ketones (excluding diaryl/α,β-unsaturated/α-hetero) is 1. The van der Waals surface area contributed by atoms with E-state index in [1.807, 2.05) is 27.7 Å². The molecule has 2 fully saturated rings. The second-order valence-corrected chi connectivity index (χ2v) is 14.4. The van der Waals surface area contributed by atoms with Crippen molar-refractivity contribution in [3.05, 3.63) is 24.3 Å². The molecule has 2 aliphatic carbocycles. The maximum absolute atomic E-state index is 13.5. The molecular formula is C34H53N7O6. The Balaban J connectivity index is 1.57. The number of nitrogens with one attached hydrogen (secondary N) is 5. The van der Waals surface area contributed by atoms with Crippen LogP contribution in [0.2, 0.25) is 0 Å². The van der Waals surface area contributed by atoms with E-state index in [0.29, 0.717) is 19.4 Å². The van der Waals surface area contributed by atoms with Gasteiger partial charge in [0.15, 0.2) is 0 Å². The zero-order valence-electron chi connectivity index (χ0n) is 28.7. The van der Waals surface area contributed by atoms with Crippen molar-refractivity contribution in [1.82, 2.24) is 36.6 Å². The number of carbonyl (C=O) groups excluding carboxylic acids is 6. The fourth-order valence-electron chi connectivity index (χ4n) is 6.07. The van der Waals surface area contributed by atoms with Crippen LogP contribution in [0.3, 0.4) is 0 Å². The van der Waals surface area contributed by atoms with Crippen molar-refractivity contribution >= 4 is 35.3 Å². The van der Waals surface area contributed by atoms with Crippen molar-refractivity contribution in [2.45, 2.75) is 123 Å². The van der Waals surface area contributed by atoms with Crippen molar-refractivity contribution < 1.29 is 28.8 Å². The SMILES string of the molecule is CCCC(NC(=O)C[C@H]1CCC[C@H]1CNC(=O)[C@@H](NC(=O)[C@H](NC(=O)c1cnccn1)C(C)C)C(C)(C)C)C(=O)C(=O)NC1CCC1. The Kier molecular flexibility index (Phi) is 13.8. The van der Waals surface area contributed by atoms with Gasteiger partial charge in [-0.1, -0.05) is 54.4 Å². The zero-order valence-corrected chi connectivity index (χ0v) is 28.7. The lowest BCUT2D eigenvalue weighted by molar-refractivity contribution is -0.141. The van der Waals surface area contributed by atoms with Crippen LogP contribution in [-0.4, -0.2) is 76.0 Å². The Labute approximate surface area is 278 Å². The Morgan fingerprint density at radius 3 is 2.15 bits per heavy atom. The highest BCUT2D eigenvalue weighted by Gasteiger charge is 2.37. The van der Waals surface area contributed by atoms with E-state index in [0.717, 1.165) is 38.5 Å². The van der Waals surface area contributed by atoms with E-state index in [4.69, 9.17) is 0 Å². The second kappa shape index (κ2) is 17.3. The summed E-state index contributed by atoms with van der Waals surface area (Å²) in [7, 11) is 0. The molecule has 0 saturated heterocycles. The molecular weight excluding hydrogens is 602 g/mol. The summed E-state index contributed by atoms with van der Waals surface area (Å²) in [5.41, 5.74) is -0.561. The summed E-state index contributed by atoms with van der Waals surface area (Å²) in [5, 5.41) is 14.1. The summed E-state index contributed by atoms with van der Waals surface area (Å²) in [6.45, 7) is 11.4. The summed E-state index contributed by atoms with van der Waals surface area (Å²) in [4.78, 5) is 85.9. The van der Waals surface area contributed by atoms with E-state index >= 15 is 0 Å². The lowest BCUT2D eigenvalue weighted by atomic mass is 9.85. The monoisotopic (exact) mass is 655 g/mol. The van der Waals surface area contributed by atoms with Gasteiger partial charge in [0.1, 0.15) is 17.8 Å². The van der Waals surface area contributed by atoms with E-state index in [9.17, 15) is 28.8 Å². The number of ketones is 1. The molecule has 2 aliphatic rings. The maximum atomic E-state index is 13.5. The first-order valence-corrected chi connectivity index (χ1v) is 17.0. The van der Waals surface area contributed by atoms with Gasteiger partial charge in [0.05, 0.1) is 12.2 Å². The molecule has 5 N–H and O–H groups in total. The smallest absolute Gasteiger partial charge is 0.289 e. The lowest BCUT2D eigenvalue weighted by Crippen LogP contribution is -2.59. The minimum Gasteiger partial charge on any atom is -0.354 e.